The van der Waals surface area contributed by atoms with Gasteiger partial charge >= 0.3 is 0 Å². The van der Waals surface area contributed by atoms with Gasteiger partial charge in [0.1, 0.15) is 16.3 Å². The lowest BCUT2D eigenvalue weighted by Gasteiger charge is -2.25. The van der Waals surface area contributed by atoms with Crippen molar-refractivity contribution >= 4 is 21.6 Å². The van der Waals surface area contributed by atoms with Crippen LogP contribution in [0.5, 0.6) is 5.88 Å². The van der Waals surface area contributed by atoms with E-state index in [1.54, 1.807) is 12.4 Å². The number of pyridine rings is 1. The molecule has 10 heteroatoms. The molecule has 1 unspecified atom stereocenters. The minimum atomic E-state index is -0.290. The molecule has 174 valence electrons. The summed E-state index contributed by atoms with van der Waals surface area (Å²) < 4.78 is 19.2. The number of hydrogen-bond acceptors (Lipinski definition) is 8. The average molecular weight is 516 g/mol. The van der Waals surface area contributed by atoms with Crippen molar-refractivity contribution < 1.29 is 14.0 Å². The first-order valence-corrected chi connectivity index (χ1v) is 12.0. The number of nitrogens with zero attached hydrogens (tertiary/aromatic N) is 5. The van der Waals surface area contributed by atoms with Gasteiger partial charge in [-0.25, -0.2) is 4.98 Å². The number of anilines is 1. The summed E-state index contributed by atoms with van der Waals surface area (Å²) in [6.07, 6.45) is 6.82. The molecular weight excluding hydrogens is 490 g/mol. The summed E-state index contributed by atoms with van der Waals surface area (Å²) in [6.45, 7) is 5.88. The highest BCUT2D eigenvalue weighted by Crippen LogP contribution is 2.31. The normalized spacial score (nSPS) is 20.9. The van der Waals surface area contributed by atoms with Crippen LogP contribution in [0.1, 0.15) is 43.4 Å². The van der Waals surface area contributed by atoms with Crippen molar-refractivity contribution in [1.29, 1.82) is 0 Å². The second-order valence-electron chi connectivity index (χ2n) is 8.47. The van der Waals surface area contributed by atoms with E-state index in [2.05, 4.69) is 36.1 Å². The number of rotatable bonds is 5. The minimum Gasteiger partial charge on any atom is -0.472 e. The molecule has 2 saturated heterocycles. The summed E-state index contributed by atoms with van der Waals surface area (Å²) in [5.41, 5.74) is 3.37. The Balaban J connectivity index is 1.29. The van der Waals surface area contributed by atoms with Crippen molar-refractivity contribution in [2.75, 3.05) is 24.6 Å². The fourth-order valence-corrected chi connectivity index (χ4v) is 5.05. The maximum Gasteiger partial charge on any atom is 0.285 e. The van der Waals surface area contributed by atoms with Crippen molar-refractivity contribution in [1.82, 2.24) is 19.9 Å². The van der Waals surface area contributed by atoms with Crippen LogP contribution in [0.4, 0.5) is 5.69 Å². The smallest absolute Gasteiger partial charge is 0.285 e. The Morgan fingerprint density at radius 2 is 2.12 bits per heavy atom. The summed E-state index contributed by atoms with van der Waals surface area (Å²) in [4.78, 5) is 19.4. The molecule has 2 aliphatic rings. The molecule has 0 N–H and O–H groups in total. The van der Waals surface area contributed by atoms with E-state index in [0.717, 1.165) is 60.5 Å². The topological polar surface area (TPSA) is 95.5 Å². The molecule has 3 aromatic heterocycles. The maximum absolute atomic E-state index is 12.9. The second kappa shape index (κ2) is 9.26. The Morgan fingerprint density at radius 1 is 1.24 bits per heavy atom. The van der Waals surface area contributed by atoms with Crippen LogP contribution in [0, 0.1) is 13.8 Å². The largest absolute Gasteiger partial charge is 0.472 e. The van der Waals surface area contributed by atoms with E-state index < -0.39 is 0 Å². The monoisotopic (exact) mass is 515 g/mol. The molecule has 0 spiro atoms. The lowest BCUT2D eigenvalue weighted by atomic mass is 10.1. The van der Waals surface area contributed by atoms with E-state index in [0.29, 0.717) is 23.5 Å². The van der Waals surface area contributed by atoms with Gasteiger partial charge in [-0.3, -0.25) is 4.79 Å². The van der Waals surface area contributed by atoms with Gasteiger partial charge in [0, 0.05) is 37.4 Å². The zero-order chi connectivity index (χ0) is 22.9. The highest BCUT2D eigenvalue weighted by atomic mass is 79.9. The van der Waals surface area contributed by atoms with Crippen LogP contribution in [0.2, 0.25) is 0 Å². The molecule has 2 fully saturated rings. The fraction of sp³-hybridized carbons (Fsp3) is 0.478. The van der Waals surface area contributed by atoms with Gasteiger partial charge in [-0.2, -0.15) is 9.78 Å². The van der Waals surface area contributed by atoms with Gasteiger partial charge in [0.15, 0.2) is 6.23 Å². The van der Waals surface area contributed by atoms with Crippen molar-refractivity contribution in [2.24, 2.45) is 0 Å². The second-order valence-corrected chi connectivity index (χ2v) is 9.26. The Bertz CT molecular complexity index is 1180. The first kappa shape index (κ1) is 22.1. The molecule has 9 nitrogen and oxygen atoms in total. The molecule has 0 radical (unpaired) electrons. The quantitative estimate of drug-likeness (QED) is 0.502. The molecule has 33 heavy (non-hydrogen) atoms. The van der Waals surface area contributed by atoms with E-state index in [-0.39, 0.29) is 17.9 Å². The summed E-state index contributed by atoms with van der Waals surface area (Å²) >= 11 is 3.50. The van der Waals surface area contributed by atoms with E-state index in [4.69, 9.17) is 14.0 Å². The highest BCUT2D eigenvalue weighted by molar-refractivity contribution is 9.10. The van der Waals surface area contributed by atoms with Crippen molar-refractivity contribution in [3.05, 3.63) is 50.8 Å². The number of halogens is 1. The van der Waals surface area contributed by atoms with E-state index >= 15 is 0 Å². The van der Waals surface area contributed by atoms with Crippen LogP contribution in [0.3, 0.4) is 0 Å². The highest BCUT2D eigenvalue weighted by Gasteiger charge is 2.28. The molecule has 5 rings (SSSR count). The van der Waals surface area contributed by atoms with E-state index in [9.17, 15) is 4.79 Å². The zero-order valence-corrected chi connectivity index (χ0v) is 20.2. The predicted molar refractivity (Wildman–Crippen MR) is 125 cm³/mol. The molecule has 0 aromatic carbocycles. The van der Waals surface area contributed by atoms with E-state index in [1.165, 1.54) is 4.68 Å². The van der Waals surface area contributed by atoms with Crippen LogP contribution in [0.25, 0.3) is 11.1 Å². The maximum atomic E-state index is 12.9. The van der Waals surface area contributed by atoms with E-state index in [1.807, 2.05) is 26.0 Å². The van der Waals surface area contributed by atoms with Gasteiger partial charge in [0.25, 0.3) is 5.56 Å². The predicted octanol–water partition coefficient (Wildman–Crippen LogP) is 4.03. The summed E-state index contributed by atoms with van der Waals surface area (Å²) in [7, 11) is 0. The third kappa shape index (κ3) is 4.41. The van der Waals surface area contributed by atoms with Gasteiger partial charge < -0.3 is 18.9 Å². The Kier molecular flexibility index (Phi) is 6.20. The lowest BCUT2D eigenvalue weighted by Crippen LogP contribution is -2.33. The SMILES string of the molecule is Cc1noc(C)c1-c1ccnc(O[C@@H]2CCN(c3cnn(C4CCCCO4)c(=O)c3Br)C2)c1. The van der Waals surface area contributed by atoms with Crippen LogP contribution in [-0.2, 0) is 4.74 Å². The summed E-state index contributed by atoms with van der Waals surface area (Å²) in [5, 5.41) is 8.44. The standard InChI is InChI=1S/C23H26BrN5O4/c1-14-21(15(2)33-27-14)16-6-8-25-19(11-16)32-17-7-9-28(13-17)18-12-26-29(23(30)22(18)24)20-5-3-4-10-31-20/h6,8,11-12,17,20H,3-5,7,9-10,13H2,1-2H3/t17-,20?/m1/s1. The van der Waals surface area contributed by atoms with Crippen molar-refractivity contribution in [3.63, 3.8) is 0 Å². The fourth-order valence-electron chi connectivity index (χ4n) is 4.52. The summed E-state index contributed by atoms with van der Waals surface area (Å²) in [6, 6.07) is 3.84. The Hall–Kier alpha value is -2.72. The van der Waals surface area contributed by atoms with Gasteiger partial charge in [0.05, 0.1) is 24.1 Å². The molecule has 0 amide bonds. The molecule has 5 heterocycles. The first-order valence-electron chi connectivity index (χ1n) is 11.2. The van der Waals surface area contributed by atoms with Crippen LogP contribution < -0.4 is 15.2 Å². The van der Waals surface area contributed by atoms with Crippen LogP contribution in [-0.4, -0.2) is 45.7 Å². The third-order valence-electron chi connectivity index (χ3n) is 6.18. The number of hydrogen-bond donors (Lipinski definition) is 0. The number of ether oxygens (including phenoxy) is 2. The number of aryl methyl sites for hydroxylation is 2. The van der Waals surface area contributed by atoms with Crippen LogP contribution >= 0.6 is 15.9 Å². The van der Waals surface area contributed by atoms with Gasteiger partial charge in [-0.1, -0.05) is 5.16 Å². The Morgan fingerprint density at radius 3 is 2.88 bits per heavy atom. The minimum absolute atomic E-state index is 0.0478. The zero-order valence-electron chi connectivity index (χ0n) is 18.7. The van der Waals surface area contributed by atoms with Crippen LogP contribution in [0.15, 0.2) is 38.3 Å². The van der Waals surface area contributed by atoms with Crippen molar-refractivity contribution in [2.45, 2.75) is 51.9 Å². The van der Waals surface area contributed by atoms with Crippen molar-refractivity contribution in [3.8, 4) is 17.0 Å². The molecule has 2 aliphatic heterocycles. The molecule has 0 saturated carbocycles. The molecular formula is C23H26BrN5O4. The lowest BCUT2D eigenvalue weighted by molar-refractivity contribution is -0.0425. The first-order chi connectivity index (χ1) is 16.0. The third-order valence-corrected chi connectivity index (χ3v) is 6.93. The molecule has 0 bridgehead atoms. The summed E-state index contributed by atoms with van der Waals surface area (Å²) in [5.74, 6) is 1.32. The van der Waals surface area contributed by atoms with Gasteiger partial charge in [-0.05, 0) is 60.7 Å². The molecule has 2 atom stereocenters. The van der Waals surface area contributed by atoms with Gasteiger partial charge in [-0.15, -0.1) is 0 Å². The number of aromatic nitrogens is 4. The Labute approximate surface area is 199 Å². The van der Waals surface area contributed by atoms with Gasteiger partial charge in [0.2, 0.25) is 5.88 Å². The molecule has 0 aliphatic carbocycles. The average Bonchev–Trinajstić information content (AvgIpc) is 3.42. The molecule has 3 aromatic rings.